The lowest BCUT2D eigenvalue weighted by molar-refractivity contribution is -0.141. The number of anilines is 2. The molecule has 2 aliphatic rings. The smallest absolute Gasteiger partial charge is 0.355 e. The zero-order chi connectivity index (χ0) is 30.4. The van der Waals surface area contributed by atoms with E-state index >= 15 is 0 Å². The fourth-order valence-electron chi connectivity index (χ4n) is 5.22. The third-order valence-corrected chi connectivity index (χ3v) is 7.24. The number of rotatable bonds is 7. The number of hydrogen-bond donors (Lipinski definition) is 0. The van der Waals surface area contributed by atoms with E-state index in [9.17, 15) is 44.7 Å². The maximum Gasteiger partial charge on any atom is 0.433 e. The monoisotopic (exact) mass is 606 g/mol. The van der Waals surface area contributed by atoms with Gasteiger partial charge in [-0.05, 0) is 31.4 Å². The van der Waals surface area contributed by atoms with Gasteiger partial charge < -0.3 is 9.80 Å². The number of urea groups is 1. The van der Waals surface area contributed by atoms with Crippen LogP contribution in [0.5, 0.6) is 0 Å². The topological polar surface area (TPSA) is 100 Å². The molecule has 0 saturated carbocycles. The van der Waals surface area contributed by atoms with Crippen molar-refractivity contribution in [3.05, 3.63) is 36.4 Å². The van der Waals surface area contributed by atoms with Gasteiger partial charge in [0.25, 0.3) is 12.3 Å². The number of halogens is 8. The number of carbonyl (C=O) groups is 2. The molecule has 42 heavy (non-hydrogen) atoms. The summed E-state index contributed by atoms with van der Waals surface area (Å²) in [6.45, 7) is -0.968. The van der Waals surface area contributed by atoms with Gasteiger partial charge >= 0.3 is 18.4 Å². The van der Waals surface area contributed by atoms with E-state index in [1.165, 1.54) is 12.4 Å². The van der Waals surface area contributed by atoms with E-state index in [0.29, 0.717) is 17.2 Å². The number of pyridine rings is 1. The molecule has 3 aromatic rings. The van der Waals surface area contributed by atoms with Crippen LogP contribution in [-0.2, 0) is 17.5 Å². The molecule has 3 aromatic heterocycles. The number of hydrogen-bond acceptors (Lipinski definition) is 7. The lowest BCUT2D eigenvalue weighted by atomic mass is 9.85. The van der Waals surface area contributed by atoms with E-state index in [-0.39, 0.29) is 48.6 Å². The van der Waals surface area contributed by atoms with Gasteiger partial charge in [-0.2, -0.15) is 31.4 Å². The van der Waals surface area contributed by atoms with Gasteiger partial charge in [0.2, 0.25) is 0 Å². The second-order valence-corrected chi connectivity index (χ2v) is 9.87. The van der Waals surface area contributed by atoms with E-state index in [4.69, 9.17) is 0 Å². The van der Waals surface area contributed by atoms with Crippen LogP contribution < -0.4 is 9.80 Å². The zero-order valence-electron chi connectivity index (χ0n) is 21.5. The minimum absolute atomic E-state index is 0.0514. The molecule has 0 aliphatic carbocycles. The number of fused-ring (bicyclic) bond motifs is 1. The number of amides is 3. The number of carbonyl (C=O) groups excluding carboxylic acids is 2. The molecular weight excluding hydrogens is 584 g/mol. The Morgan fingerprint density at radius 2 is 1.67 bits per heavy atom. The van der Waals surface area contributed by atoms with Gasteiger partial charge in [0.1, 0.15) is 29.1 Å². The van der Waals surface area contributed by atoms with Crippen LogP contribution in [0.4, 0.5) is 51.4 Å². The molecule has 0 atom stereocenters. The van der Waals surface area contributed by atoms with Crippen LogP contribution in [0.25, 0.3) is 11.2 Å². The van der Waals surface area contributed by atoms with Crippen molar-refractivity contribution in [3.8, 4) is 0 Å². The largest absolute Gasteiger partial charge is 0.433 e. The third kappa shape index (κ3) is 5.53. The highest BCUT2D eigenvalue weighted by atomic mass is 19.4. The lowest BCUT2D eigenvalue weighted by Gasteiger charge is -2.42. The van der Waals surface area contributed by atoms with Gasteiger partial charge in [-0.3, -0.25) is 4.79 Å². The minimum atomic E-state index is -4.77. The van der Waals surface area contributed by atoms with Gasteiger partial charge in [0, 0.05) is 26.1 Å². The summed E-state index contributed by atoms with van der Waals surface area (Å²) in [6, 6.07) is 0.542. The Hall–Kier alpha value is -4.12. The molecule has 0 unspecified atom stereocenters. The Bertz CT molecular complexity index is 1470. The lowest BCUT2D eigenvalue weighted by Crippen LogP contribution is -2.57. The predicted octanol–water partition coefficient (Wildman–Crippen LogP) is 4.66. The first-order chi connectivity index (χ1) is 19.7. The SMILES string of the molecule is O=C1N(c2ccc(C(F)(F)F)nc2)C(=O)C2(CCN(c3cnc4cnn(CC(F)F)c4n3)CC2)N1CCCC(F)(F)F. The summed E-state index contributed by atoms with van der Waals surface area (Å²) >= 11 is 0. The summed E-state index contributed by atoms with van der Waals surface area (Å²) < 4.78 is 105. The van der Waals surface area contributed by atoms with Crippen LogP contribution >= 0.6 is 0 Å². The fraction of sp³-hybridized carbons (Fsp3) is 0.500. The number of alkyl halides is 8. The molecule has 0 bridgehead atoms. The van der Waals surface area contributed by atoms with Crippen molar-refractivity contribution in [1.29, 1.82) is 0 Å². The van der Waals surface area contributed by atoms with Crippen LogP contribution in [0.15, 0.2) is 30.7 Å². The molecule has 2 fully saturated rings. The zero-order valence-corrected chi connectivity index (χ0v) is 21.5. The summed E-state index contributed by atoms with van der Waals surface area (Å²) in [6.07, 6.45) is -10.4. The molecule has 5 heterocycles. The maximum atomic E-state index is 13.7. The van der Waals surface area contributed by atoms with Crippen molar-refractivity contribution >= 4 is 34.6 Å². The average Bonchev–Trinajstić information content (AvgIpc) is 3.39. The summed E-state index contributed by atoms with van der Waals surface area (Å²) in [7, 11) is 0. The molecule has 2 saturated heterocycles. The Labute approximate surface area is 231 Å². The van der Waals surface area contributed by atoms with Crippen LogP contribution in [0.3, 0.4) is 0 Å². The quantitative estimate of drug-likeness (QED) is 0.285. The highest BCUT2D eigenvalue weighted by Crippen LogP contribution is 2.41. The van der Waals surface area contributed by atoms with Crippen LogP contribution in [0.2, 0.25) is 0 Å². The summed E-state index contributed by atoms with van der Waals surface area (Å²) in [5, 5.41) is 3.86. The minimum Gasteiger partial charge on any atom is -0.355 e. The molecule has 18 heteroatoms. The van der Waals surface area contributed by atoms with Crippen molar-refractivity contribution in [2.45, 2.75) is 56.5 Å². The van der Waals surface area contributed by atoms with Gasteiger partial charge in [0.15, 0.2) is 5.65 Å². The molecule has 226 valence electrons. The van der Waals surface area contributed by atoms with Crippen molar-refractivity contribution in [1.82, 2.24) is 29.6 Å². The highest BCUT2D eigenvalue weighted by molar-refractivity contribution is 6.23. The third-order valence-electron chi connectivity index (χ3n) is 7.24. The van der Waals surface area contributed by atoms with Crippen molar-refractivity contribution in [2.75, 3.05) is 29.4 Å². The van der Waals surface area contributed by atoms with Crippen LogP contribution in [0.1, 0.15) is 31.4 Å². The number of imide groups is 1. The van der Waals surface area contributed by atoms with Crippen LogP contribution in [0, 0.1) is 0 Å². The molecule has 5 rings (SSSR count). The Kier molecular flexibility index (Phi) is 7.42. The molecule has 2 aliphatic heterocycles. The fourth-order valence-corrected chi connectivity index (χ4v) is 5.22. The standard InChI is InChI=1S/C24H22F8N8O2/c25-17(26)13-39-19-15(11-35-39)33-12-18(36-19)37-8-5-22(6-9-37)20(41)40(14-2-3-16(34-10-14)24(30,31)32)21(42)38(22)7-1-4-23(27,28)29/h2-3,10-12,17H,1,4-9,13H2. The number of nitrogens with zero attached hydrogens (tertiary/aromatic N) is 8. The van der Waals surface area contributed by atoms with E-state index in [1.807, 2.05) is 0 Å². The van der Waals surface area contributed by atoms with Gasteiger partial charge in [-0.15, -0.1) is 0 Å². The Balaban J connectivity index is 1.41. The predicted molar refractivity (Wildman–Crippen MR) is 130 cm³/mol. The highest BCUT2D eigenvalue weighted by Gasteiger charge is 2.58. The first kappa shape index (κ1) is 29.4. The average molecular weight is 606 g/mol. The summed E-state index contributed by atoms with van der Waals surface area (Å²) in [5.41, 5.74) is -2.68. The van der Waals surface area contributed by atoms with Crippen molar-refractivity contribution in [2.24, 2.45) is 0 Å². The normalized spacial score (nSPS) is 17.9. The Morgan fingerprint density at radius 3 is 2.26 bits per heavy atom. The van der Waals surface area contributed by atoms with E-state index < -0.39 is 67.9 Å². The maximum absolute atomic E-state index is 13.7. The second-order valence-electron chi connectivity index (χ2n) is 9.87. The first-order valence-corrected chi connectivity index (χ1v) is 12.7. The molecule has 10 nitrogen and oxygen atoms in total. The van der Waals surface area contributed by atoms with Crippen molar-refractivity contribution < 1.29 is 44.7 Å². The van der Waals surface area contributed by atoms with Gasteiger partial charge in [0.05, 0.1) is 24.3 Å². The molecular formula is C24H22F8N8O2. The summed E-state index contributed by atoms with van der Waals surface area (Å²) in [4.78, 5) is 42.4. The Morgan fingerprint density at radius 1 is 0.952 bits per heavy atom. The van der Waals surface area contributed by atoms with Gasteiger partial charge in [-0.25, -0.2) is 38.1 Å². The summed E-state index contributed by atoms with van der Waals surface area (Å²) in [5.74, 6) is -0.519. The molecule has 3 amide bonds. The molecule has 0 aromatic carbocycles. The molecule has 0 radical (unpaired) electrons. The first-order valence-electron chi connectivity index (χ1n) is 12.7. The van der Waals surface area contributed by atoms with E-state index in [0.717, 1.165) is 15.6 Å². The van der Waals surface area contributed by atoms with E-state index in [1.54, 1.807) is 4.90 Å². The van der Waals surface area contributed by atoms with Crippen LogP contribution in [-0.4, -0.2) is 79.3 Å². The number of aromatic nitrogens is 5. The number of piperidine rings is 1. The van der Waals surface area contributed by atoms with Crippen molar-refractivity contribution in [3.63, 3.8) is 0 Å². The molecule has 0 N–H and O–H groups in total. The van der Waals surface area contributed by atoms with E-state index in [2.05, 4.69) is 20.1 Å². The van der Waals surface area contributed by atoms with Gasteiger partial charge in [-0.1, -0.05) is 0 Å². The second kappa shape index (κ2) is 10.6. The molecule has 1 spiro atoms.